The minimum Gasteiger partial charge on any atom is -0.368 e. The second-order valence-corrected chi connectivity index (χ2v) is 6.60. The third-order valence-corrected chi connectivity index (χ3v) is 4.84. The maximum absolute atomic E-state index is 12.0. The summed E-state index contributed by atoms with van der Waals surface area (Å²) in [6.45, 7) is 3.44. The highest BCUT2D eigenvalue weighted by Gasteiger charge is 2.22. The van der Waals surface area contributed by atoms with E-state index in [4.69, 9.17) is 4.74 Å². The number of amides is 1. The van der Waals surface area contributed by atoms with Crippen LogP contribution in [-0.4, -0.2) is 37.2 Å². The molecule has 0 aliphatic heterocycles. The molecule has 21 heavy (non-hydrogen) atoms. The van der Waals surface area contributed by atoms with Gasteiger partial charge in [0.15, 0.2) is 0 Å². The number of ether oxygens (including phenoxy) is 1. The summed E-state index contributed by atoms with van der Waals surface area (Å²) in [5.74, 6) is 0.0794. The Kier molecular flexibility index (Phi) is 7.51. The Hall–Kier alpha value is -0.610. The maximum atomic E-state index is 12.0. The average Bonchev–Trinajstić information content (AvgIpc) is 2.75. The summed E-state index contributed by atoms with van der Waals surface area (Å²) in [5.41, 5.74) is 0. The van der Waals surface area contributed by atoms with Gasteiger partial charge in [-0.15, -0.1) is 0 Å². The Morgan fingerprint density at radius 2 is 1.62 bits per heavy atom. The van der Waals surface area contributed by atoms with Crippen molar-refractivity contribution in [3.63, 3.8) is 0 Å². The van der Waals surface area contributed by atoms with Crippen LogP contribution in [0.4, 0.5) is 0 Å². The van der Waals surface area contributed by atoms with Gasteiger partial charge in [-0.05, 0) is 45.1 Å². The highest BCUT2D eigenvalue weighted by Crippen LogP contribution is 2.21. The summed E-state index contributed by atoms with van der Waals surface area (Å²) >= 11 is 0. The van der Waals surface area contributed by atoms with Crippen LogP contribution in [-0.2, 0) is 9.53 Å². The largest absolute Gasteiger partial charge is 0.368 e. The smallest absolute Gasteiger partial charge is 0.246 e. The zero-order valence-corrected chi connectivity index (χ0v) is 13.5. The lowest BCUT2D eigenvalue weighted by Gasteiger charge is -2.29. The predicted molar refractivity (Wildman–Crippen MR) is 85.3 cm³/mol. The van der Waals surface area contributed by atoms with Gasteiger partial charge in [0.2, 0.25) is 5.91 Å². The van der Waals surface area contributed by atoms with E-state index in [0.717, 1.165) is 32.2 Å². The molecule has 0 heterocycles. The molecule has 0 radical (unpaired) electrons. The fourth-order valence-corrected chi connectivity index (χ4v) is 3.61. The summed E-state index contributed by atoms with van der Waals surface area (Å²) in [4.78, 5) is 12.0. The fourth-order valence-electron chi connectivity index (χ4n) is 3.61. The SMILES string of the molecule is CCNC1CCC(OCC(=O)NC2CCCCCC2)CC1. The zero-order valence-electron chi connectivity index (χ0n) is 13.5. The molecule has 0 saturated heterocycles. The molecule has 0 spiro atoms. The van der Waals surface area contributed by atoms with Crippen molar-refractivity contribution in [3.8, 4) is 0 Å². The van der Waals surface area contributed by atoms with E-state index in [-0.39, 0.29) is 18.6 Å². The minimum atomic E-state index is 0.0794. The van der Waals surface area contributed by atoms with Gasteiger partial charge in [-0.25, -0.2) is 0 Å². The van der Waals surface area contributed by atoms with Crippen molar-refractivity contribution in [1.29, 1.82) is 0 Å². The molecule has 0 unspecified atom stereocenters. The minimum absolute atomic E-state index is 0.0794. The number of nitrogens with one attached hydrogen (secondary N) is 2. The van der Waals surface area contributed by atoms with Crippen LogP contribution in [0.2, 0.25) is 0 Å². The van der Waals surface area contributed by atoms with Crippen LogP contribution in [0.3, 0.4) is 0 Å². The van der Waals surface area contributed by atoms with Gasteiger partial charge < -0.3 is 15.4 Å². The van der Waals surface area contributed by atoms with Gasteiger partial charge in [-0.3, -0.25) is 4.79 Å². The molecule has 2 N–H and O–H groups in total. The first-order valence-corrected chi connectivity index (χ1v) is 8.92. The number of hydrogen-bond donors (Lipinski definition) is 2. The van der Waals surface area contributed by atoms with Gasteiger partial charge in [0.1, 0.15) is 6.61 Å². The molecule has 1 amide bonds. The Labute approximate surface area is 129 Å². The molecule has 4 heteroatoms. The van der Waals surface area contributed by atoms with Gasteiger partial charge in [-0.1, -0.05) is 32.6 Å². The van der Waals surface area contributed by atoms with E-state index in [1.807, 2.05) is 0 Å². The van der Waals surface area contributed by atoms with E-state index in [2.05, 4.69) is 17.6 Å². The van der Waals surface area contributed by atoms with Crippen molar-refractivity contribution in [2.45, 2.75) is 89.3 Å². The van der Waals surface area contributed by atoms with Gasteiger partial charge in [0, 0.05) is 12.1 Å². The van der Waals surface area contributed by atoms with E-state index in [0.29, 0.717) is 12.1 Å². The lowest BCUT2D eigenvalue weighted by atomic mass is 9.93. The van der Waals surface area contributed by atoms with E-state index in [1.54, 1.807) is 0 Å². The quantitative estimate of drug-likeness (QED) is 0.741. The molecular weight excluding hydrogens is 264 g/mol. The first kappa shape index (κ1) is 16.8. The van der Waals surface area contributed by atoms with Crippen LogP contribution in [0.15, 0.2) is 0 Å². The van der Waals surface area contributed by atoms with Gasteiger partial charge in [-0.2, -0.15) is 0 Å². The van der Waals surface area contributed by atoms with Crippen LogP contribution in [0.5, 0.6) is 0 Å². The molecule has 2 aliphatic rings. The van der Waals surface area contributed by atoms with E-state index in [1.165, 1.54) is 38.5 Å². The summed E-state index contributed by atoms with van der Waals surface area (Å²) in [6.07, 6.45) is 12.2. The molecule has 0 aromatic heterocycles. The topological polar surface area (TPSA) is 50.4 Å². The third-order valence-electron chi connectivity index (χ3n) is 4.84. The first-order valence-electron chi connectivity index (χ1n) is 8.92. The second-order valence-electron chi connectivity index (χ2n) is 6.60. The molecule has 2 rings (SSSR count). The zero-order chi connectivity index (χ0) is 14.9. The molecule has 0 aromatic rings. The second kappa shape index (κ2) is 9.42. The molecule has 2 aliphatic carbocycles. The van der Waals surface area contributed by atoms with E-state index < -0.39 is 0 Å². The van der Waals surface area contributed by atoms with Crippen LogP contribution >= 0.6 is 0 Å². The monoisotopic (exact) mass is 296 g/mol. The first-order chi connectivity index (χ1) is 10.3. The summed E-state index contributed by atoms with van der Waals surface area (Å²) in [5, 5.41) is 6.65. The normalized spacial score (nSPS) is 28.0. The lowest BCUT2D eigenvalue weighted by molar-refractivity contribution is -0.129. The third kappa shape index (κ3) is 6.35. The number of carbonyl (C=O) groups is 1. The van der Waals surface area contributed by atoms with Crippen LogP contribution < -0.4 is 10.6 Å². The molecule has 2 fully saturated rings. The maximum Gasteiger partial charge on any atom is 0.246 e. The van der Waals surface area contributed by atoms with Crippen molar-refractivity contribution in [3.05, 3.63) is 0 Å². The fraction of sp³-hybridized carbons (Fsp3) is 0.941. The Balaban J connectivity index is 1.58. The molecule has 4 nitrogen and oxygen atoms in total. The van der Waals surface area contributed by atoms with Gasteiger partial charge in [0.25, 0.3) is 0 Å². The highest BCUT2D eigenvalue weighted by atomic mass is 16.5. The summed E-state index contributed by atoms with van der Waals surface area (Å²) < 4.78 is 5.80. The summed E-state index contributed by atoms with van der Waals surface area (Å²) in [7, 11) is 0. The Morgan fingerprint density at radius 1 is 0.952 bits per heavy atom. The standard InChI is InChI=1S/C17H32N2O2/c1-2-18-14-9-11-16(12-10-14)21-13-17(20)19-15-7-5-3-4-6-8-15/h14-16,18H,2-13H2,1H3,(H,19,20). The number of hydrogen-bond acceptors (Lipinski definition) is 3. The molecular formula is C17H32N2O2. The number of rotatable bonds is 6. The van der Waals surface area contributed by atoms with Crippen LogP contribution in [0, 0.1) is 0 Å². The lowest BCUT2D eigenvalue weighted by Crippen LogP contribution is -2.39. The Bertz CT molecular complexity index is 293. The van der Waals surface area contributed by atoms with Crippen molar-refractivity contribution in [1.82, 2.24) is 10.6 Å². The molecule has 0 atom stereocenters. The molecule has 122 valence electrons. The van der Waals surface area contributed by atoms with Crippen molar-refractivity contribution < 1.29 is 9.53 Å². The highest BCUT2D eigenvalue weighted by molar-refractivity contribution is 5.77. The van der Waals surface area contributed by atoms with Crippen molar-refractivity contribution in [2.75, 3.05) is 13.2 Å². The summed E-state index contributed by atoms with van der Waals surface area (Å²) in [6, 6.07) is 1.03. The average molecular weight is 296 g/mol. The van der Waals surface area contributed by atoms with Gasteiger partial charge in [0.05, 0.1) is 6.10 Å². The molecule has 0 bridgehead atoms. The van der Waals surface area contributed by atoms with Crippen molar-refractivity contribution in [2.24, 2.45) is 0 Å². The van der Waals surface area contributed by atoms with E-state index in [9.17, 15) is 4.79 Å². The molecule has 0 aromatic carbocycles. The number of carbonyl (C=O) groups excluding carboxylic acids is 1. The predicted octanol–water partition coefficient (Wildman–Crippen LogP) is 2.76. The van der Waals surface area contributed by atoms with Crippen LogP contribution in [0.25, 0.3) is 0 Å². The van der Waals surface area contributed by atoms with Gasteiger partial charge >= 0.3 is 0 Å². The van der Waals surface area contributed by atoms with Crippen molar-refractivity contribution >= 4 is 5.91 Å². The Morgan fingerprint density at radius 3 is 2.24 bits per heavy atom. The van der Waals surface area contributed by atoms with E-state index >= 15 is 0 Å². The molecule has 2 saturated carbocycles. The van der Waals surface area contributed by atoms with Crippen LogP contribution in [0.1, 0.15) is 71.1 Å².